The second kappa shape index (κ2) is 8.10. The Morgan fingerprint density at radius 2 is 1.86 bits per heavy atom. The van der Waals surface area contributed by atoms with Gasteiger partial charge in [0.1, 0.15) is 5.82 Å². The number of amides is 1. The highest BCUT2D eigenvalue weighted by Gasteiger charge is 2.33. The number of hydrogen-bond donors (Lipinski definition) is 1. The highest BCUT2D eigenvalue weighted by atomic mass is 32.2. The van der Waals surface area contributed by atoms with Crippen LogP contribution < -0.4 is 4.72 Å². The molecule has 148 valence electrons. The van der Waals surface area contributed by atoms with Crippen LogP contribution in [0.25, 0.3) is 0 Å². The molecule has 2 aromatic rings. The summed E-state index contributed by atoms with van der Waals surface area (Å²) in [5, 5.41) is 5.79. The molecule has 0 bridgehead atoms. The molecule has 1 aliphatic rings. The number of hydrazone groups is 1. The van der Waals surface area contributed by atoms with Gasteiger partial charge in [0.05, 0.1) is 17.5 Å². The first kappa shape index (κ1) is 20.0. The van der Waals surface area contributed by atoms with E-state index in [2.05, 4.69) is 9.82 Å². The van der Waals surface area contributed by atoms with Gasteiger partial charge < -0.3 is 0 Å². The average molecular weight is 403 g/mol. The maximum atomic E-state index is 14.3. The molecule has 0 aliphatic carbocycles. The molecular weight excluding hydrogens is 381 g/mol. The van der Waals surface area contributed by atoms with Crippen molar-refractivity contribution in [1.82, 2.24) is 5.01 Å². The molecule has 2 aromatic carbocycles. The van der Waals surface area contributed by atoms with Gasteiger partial charge in [0, 0.05) is 24.1 Å². The lowest BCUT2D eigenvalue weighted by molar-refractivity contribution is -0.132. The number of benzene rings is 2. The Hall–Kier alpha value is -2.74. The number of nitrogens with zero attached hydrogens (tertiary/aromatic N) is 2. The standard InChI is InChI=1S/C20H22FN3O3S/c1-3-20(25)24-19(16-7-5-6-8-17(16)21)13-18(22-24)14-9-11-15(12-10-14)23-28(26,27)4-2/h5-12,19,23H,3-4,13H2,1-2H3/t19-/m1/s1. The van der Waals surface area contributed by atoms with Gasteiger partial charge >= 0.3 is 0 Å². The Morgan fingerprint density at radius 3 is 2.46 bits per heavy atom. The van der Waals surface area contributed by atoms with E-state index in [1.165, 1.54) is 11.1 Å². The zero-order chi connectivity index (χ0) is 20.3. The molecule has 1 aliphatic heterocycles. The lowest BCUT2D eigenvalue weighted by Gasteiger charge is -2.21. The van der Waals surface area contributed by atoms with Gasteiger partial charge in [0.15, 0.2) is 0 Å². The van der Waals surface area contributed by atoms with E-state index in [0.717, 1.165) is 5.56 Å². The fraction of sp³-hybridized carbons (Fsp3) is 0.300. The summed E-state index contributed by atoms with van der Waals surface area (Å²) in [6.07, 6.45) is 0.645. The van der Waals surface area contributed by atoms with E-state index in [9.17, 15) is 17.6 Å². The maximum absolute atomic E-state index is 14.3. The van der Waals surface area contributed by atoms with E-state index in [1.807, 2.05) is 0 Å². The summed E-state index contributed by atoms with van der Waals surface area (Å²) < 4.78 is 40.1. The van der Waals surface area contributed by atoms with E-state index in [0.29, 0.717) is 23.4 Å². The first-order valence-corrected chi connectivity index (χ1v) is 10.7. The van der Waals surface area contributed by atoms with Crippen molar-refractivity contribution in [3.8, 4) is 0 Å². The van der Waals surface area contributed by atoms with E-state index in [-0.39, 0.29) is 23.9 Å². The van der Waals surface area contributed by atoms with E-state index < -0.39 is 16.1 Å². The number of carbonyl (C=O) groups is 1. The SMILES string of the molecule is CCC(=O)N1N=C(c2ccc(NS(=O)(=O)CC)cc2)C[C@@H]1c1ccccc1F. The predicted octanol–water partition coefficient (Wildman–Crippen LogP) is 3.68. The van der Waals surface area contributed by atoms with Crippen molar-refractivity contribution in [2.24, 2.45) is 5.10 Å². The van der Waals surface area contributed by atoms with E-state index >= 15 is 0 Å². The number of rotatable bonds is 6. The topological polar surface area (TPSA) is 78.8 Å². The number of sulfonamides is 1. The average Bonchev–Trinajstić information content (AvgIpc) is 3.13. The van der Waals surface area contributed by atoms with Crippen LogP contribution >= 0.6 is 0 Å². The summed E-state index contributed by atoms with van der Waals surface area (Å²) in [4.78, 5) is 12.3. The van der Waals surface area contributed by atoms with Gasteiger partial charge in [-0.15, -0.1) is 0 Å². The fourth-order valence-corrected chi connectivity index (χ4v) is 3.69. The second-order valence-corrected chi connectivity index (χ2v) is 8.47. The molecule has 0 unspecified atom stereocenters. The molecule has 0 spiro atoms. The Balaban J connectivity index is 1.88. The van der Waals surface area contributed by atoms with E-state index in [1.54, 1.807) is 56.3 Å². The Labute approximate surface area is 164 Å². The highest BCUT2D eigenvalue weighted by Crippen LogP contribution is 2.34. The Morgan fingerprint density at radius 1 is 1.18 bits per heavy atom. The molecule has 0 aromatic heterocycles. The van der Waals surface area contributed by atoms with Gasteiger partial charge in [-0.3, -0.25) is 9.52 Å². The minimum atomic E-state index is -3.35. The number of nitrogens with one attached hydrogen (secondary N) is 1. The molecular formula is C20H22FN3O3S. The summed E-state index contributed by atoms with van der Waals surface area (Å²) in [5.41, 5.74) is 2.29. The normalized spacial score (nSPS) is 16.8. The van der Waals surface area contributed by atoms with Gasteiger partial charge in [-0.2, -0.15) is 5.10 Å². The van der Waals surface area contributed by atoms with Crippen molar-refractivity contribution in [2.75, 3.05) is 10.5 Å². The van der Waals surface area contributed by atoms with Crippen LogP contribution in [0, 0.1) is 5.82 Å². The van der Waals surface area contributed by atoms with Crippen molar-refractivity contribution >= 4 is 27.3 Å². The summed E-state index contributed by atoms with van der Waals surface area (Å²) in [6.45, 7) is 3.30. The maximum Gasteiger partial charge on any atom is 0.242 e. The first-order valence-electron chi connectivity index (χ1n) is 9.09. The van der Waals surface area contributed by atoms with Crippen LogP contribution in [0.3, 0.4) is 0 Å². The smallest absolute Gasteiger partial charge is 0.242 e. The third kappa shape index (κ3) is 4.22. The molecule has 6 nitrogen and oxygen atoms in total. The van der Waals surface area contributed by atoms with Crippen molar-refractivity contribution in [2.45, 2.75) is 32.7 Å². The van der Waals surface area contributed by atoms with Gasteiger partial charge in [-0.25, -0.2) is 17.8 Å². The van der Waals surface area contributed by atoms with Crippen LogP contribution in [0.1, 0.15) is 43.9 Å². The molecule has 1 heterocycles. The molecule has 0 fully saturated rings. The van der Waals surface area contributed by atoms with Crippen LogP contribution in [0.5, 0.6) is 0 Å². The van der Waals surface area contributed by atoms with Crippen LogP contribution in [0.2, 0.25) is 0 Å². The third-order valence-corrected chi connectivity index (χ3v) is 5.91. The zero-order valence-electron chi connectivity index (χ0n) is 15.7. The van der Waals surface area contributed by atoms with Gasteiger partial charge in [0.25, 0.3) is 0 Å². The Kier molecular flexibility index (Phi) is 5.79. The number of anilines is 1. The first-order chi connectivity index (χ1) is 13.3. The fourth-order valence-electron chi connectivity index (χ4n) is 3.05. The van der Waals surface area contributed by atoms with Crippen LogP contribution in [0.4, 0.5) is 10.1 Å². The number of carbonyl (C=O) groups excluding carboxylic acids is 1. The van der Waals surface area contributed by atoms with Crippen LogP contribution in [0.15, 0.2) is 53.6 Å². The Bertz CT molecular complexity index is 1000. The van der Waals surface area contributed by atoms with Crippen LogP contribution in [-0.4, -0.2) is 30.8 Å². The minimum absolute atomic E-state index is 0.0140. The molecule has 1 N–H and O–H groups in total. The molecule has 0 radical (unpaired) electrons. The third-order valence-electron chi connectivity index (χ3n) is 4.60. The molecule has 0 saturated carbocycles. The van der Waals surface area contributed by atoms with Crippen LogP contribution in [-0.2, 0) is 14.8 Å². The lowest BCUT2D eigenvalue weighted by Crippen LogP contribution is -2.26. The molecule has 28 heavy (non-hydrogen) atoms. The molecule has 3 rings (SSSR count). The summed E-state index contributed by atoms with van der Waals surface area (Å²) in [5.74, 6) is -0.572. The molecule has 8 heteroatoms. The molecule has 1 atom stereocenters. The van der Waals surface area contributed by atoms with Gasteiger partial charge in [-0.05, 0) is 30.7 Å². The van der Waals surface area contributed by atoms with E-state index in [4.69, 9.17) is 0 Å². The second-order valence-electron chi connectivity index (χ2n) is 6.46. The van der Waals surface area contributed by atoms with Crippen molar-refractivity contribution in [3.05, 3.63) is 65.5 Å². The highest BCUT2D eigenvalue weighted by molar-refractivity contribution is 7.92. The lowest BCUT2D eigenvalue weighted by atomic mass is 9.98. The van der Waals surface area contributed by atoms with Gasteiger partial charge in [-0.1, -0.05) is 37.3 Å². The summed E-state index contributed by atoms with van der Waals surface area (Å²) >= 11 is 0. The summed E-state index contributed by atoms with van der Waals surface area (Å²) in [6, 6.07) is 12.7. The van der Waals surface area contributed by atoms with Crippen molar-refractivity contribution < 1.29 is 17.6 Å². The number of hydrogen-bond acceptors (Lipinski definition) is 4. The minimum Gasteiger partial charge on any atom is -0.284 e. The zero-order valence-corrected chi connectivity index (χ0v) is 16.5. The summed E-state index contributed by atoms with van der Waals surface area (Å²) in [7, 11) is -3.35. The molecule has 0 saturated heterocycles. The largest absolute Gasteiger partial charge is 0.284 e. The van der Waals surface area contributed by atoms with Crippen molar-refractivity contribution in [3.63, 3.8) is 0 Å². The number of halogens is 1. The molecule has 1 amide bonds. The van der Waals surface area contributed by atoms with Gasteiger partial charge in [0.2, 0.25) is 15.9 Å². The monoisotopic (exact) mass is 403 g/mol. The quantitative estimate of drug-likeness (QED) is 0.799. The predicted molar refractivity (Wildman–Crippen MR) is 107 cm³/mol. The van der Waals surface area contributed by atoms with Crippen molar-refractivity contribution in [1.29, 1.82) is 0 Å².